The van der Waals surface area contributed by atoms with Crippen LogP contribution in [0.3, 0.4) is 0 Å². The first-order valence-electron chi connectivity index (χ1n) is 8.40. The summed E-state index contributed by atoms with van der Waals surface area (Å²) in [5.41, 5.74) is 7.71. The number of benzene rings is 1. The van der Waals surface area contributed by atoms with Gasteiger partial charge in [-0.3, -0.25) is 5.43 Å². The van der Waals surface area contributed by atoms with Gasteiger partial charge in [-0.1, -0.05) is 6.07 Å². The lowest BCUT2D eigenvalue weighted by atomic mass is 9.94. The molecule has 3 atom stereocenters. The summed E-state index contributed by atoms with van der Waals surface area (Å²) in [6, 6.07) is 6.24. The van der Waals surface area contributed by atoms with Gasteiger partial charge in [-0.25, -0.2) is 13.8 Å². The first-order valence-corrected chi connectivity index (χ1v) is 10.2. The highest BCUT2D eigenvalue weighted by Gasteiger charge is 2.31. The van der Waals surface area contributed by atoms with Gasteiger partial charge in [-0.2, -0.15) is 0 Å². The standard InChI is InChI=1S/C16H23N3O4S/c20-24(21)4-3-11(9-24)6-17-7-13-8-18-19-16(13)12-1-2-14-15(5-12)23-10-22-14/h1-2,5,11,13,16-19H,3-4,6-10H2. The molecule has 3 aliphatic heterocycles. The van der Waals surface area contributed by atoms with Crippen molar-refractivity contribution in [1.29, 1.82) is 0 Å². The Balaban J connectivity index is 1.33. The quantitative estimate of drug-likeness (QED) is 0.697. The van der Waals surface area contributed by atoms with Crippen molar-refractivity contribution < 1.29 is 17.9 Å². The van der Waals surface area contributed by atoms with E-state index in [1.54, 1.807) is 0 Å². The summed E-state index contributed by atoms with van der Waals surface area (Å²) in [6.07, 6.45) is 0.780. The van der Waals surface area contributed by atoms with E-state index < -0.39 is 9.84 Å². The molecule has 0 amide bonds. The molecule has 3 aliphatic rings. The van der Waals surface area contributed by atoms with E-state index >= 15 is 0 Å². The van der Waals surface area contributed by atoms with Crippen LogP contribution in [0.15, 0.2) is 18.2 Å². The van der Waals surface area contributed by atoms with Crippen LogP contribution in [0.25, 0.3) is 0 Å². The minimum Gasteiger partial charge on any atom is -0.454 e. The van der Waals surface area contributed by atoms with Gasteiger partial charge >= 0.3 is 0 Å². The molecule has 0 bridgehead atoms. The Hall–Kier alpha value is -1.35. The number of nitrogens with one attached hydrogen (secondary N) is 3. The van der Waals surface area contributed by atoms with Crippen LogP contribution >= 0.6 is 0 Å². The molecule has 2 saturated heterocycles. The smallest absolute Gasteiger partial charge is 0.231 e. The molecule has 0 aromatic heterocycles. The molecule has 4 rings (SSSR count). The zero-order valence-corrected chi connectivity index (χ0v) is 14.3. The maximum absolute atomic E-state index is 11.5. The van der Waals surface area contributed by atoms with Crippen molar-refractivity contribution >= 4 is 9.84 Å². The maximum Gasteiger partial charge on any atom is 0.231 e. The molecular formula is C16H23N3O4S. The van der Waals surface area contributed by atoms with Crippen molar-refractivity contribution in [2.75, 3.05) is 37.9 Å². The van der Waals surface area contributed by atoms with Crippen LogP contribution < -0.4 is 25.6 Å². The SMILES string of the molecule is O=S1(=O)CCC(CNCC2CNNC2c2ccc3c(c2)OCO3)C1. The van der Waals surface area contributed by atoms with E-state index in [0.29, 0.717) is 17.4 Å². The van der Waals surface area contributed by atoms with Gasteiger partial charge in [0, 0.05) is 19.0 Å². The van der Waals surface area contributed by atoms with Crippen LogP contribution in [0.5, 0.6) is 11.5 Å². The fraction of sp³-hybridized carbons (Fsp3) is 0.625. The number of sulfone groups is 1. The van der Waals surface area contributed by atoms with Gasteiger partial charge in [-0.05, 0) is 36.6 Å². The highest BCUT2D eigenvalue weighted by Crippen LogP contribution is 2.36. The summed E-state index contributed by atoms with van der Waals surface area (Å²) in [5.74, 6) is 2.90. The molecule has 1 aromatic rings. The summed E-state index contributed by atoms with van der Waals surface area (Å²) in [6.45, 7) is 2.76. The summed E-state index contributed by atoms with van der Waals surface area (Å²) >= 11 is 0. The van der Waals surface area contributed by atoms with Crippen molar-refractivity contribution in [3.63, 3.8) is 0 Å². The topological polar surface area (TPSA) is 88.7 Å². The molecule has 132 valence electrons. The molecule has 8 heteroatoms. The normalized spacial score (nSPS) is 30.8. The van der Waals surface area contributed by atoms with E-state index in [4.69, 9.17) is 9.47 Å². The van der Waals surface area contributed by atoms with Crippen molar-refractivity contribution in [2.45, 2.75) is 12.5 Å². The summed E-state index contributed by atoms with van der Waals surface area (Å²) in [7, 11) is -2.79. The molecule has 3 heterocycles. The molecule has 0 saturated carbocycles. The number of rotatable bonds is 5. The number of hydrogen-bond donors (Lipinski definition) is 3. The van der Waals surface area contributed by atoms with Gasteiger partial charge in [0.15, 0.2) is 21.3 Å². The highest BCUT2D eigenvalue weighted by molar-refractivity contribution is 7.91. The fourth-order valence-electron chi connectivity index (χ4n) is 3.69. The van der Waals surface area contributed by atoms with Gasteiger partial charge in [0.2, 0.25) is 6.79 Å². The van der Waals surface area contributed by atoms with Crippen LogP contribution in [-0.2, 0) is 9.84 Å². The number of hydrogen-bond acceptors (Lipinski definition) is 7. The fourth-order valence-corrected chi connectivity index (χ4v) is 5.56. The second-order valence-corrected chi connectivity index (χ2v) is 9.03. The maximum atomic E-state index is 11.5. The molecule has 1 aromatic carbocycles. The van der Waals surface area contributed by atoms with E-state index in [1.807, 2.05) is 12.1 Å². The Bertz CT molecular complexity index is 709. The third-order valence-corrected chi connectivity index (χ3v) is 6.85. The second-order valence-electron chi connectivity index (χ2n) is 6.80. The third kappa shape index (κ3) is 3.37. The third-order valence-electron chi connectivity index (χ3n) is 5.02. The Labute approximate surface area is 142 Å². The molecule has 7 nitrogen and oxygen atoms in total. The van der Waals surface area contributed by atoms with Crippen LogP contribution in [0, 0.1) is 11.8 Å². The first-order chi connectivity index (χ1) is 11.6. The predicted octanol–water partition coefficient (Wildman–Crippen LogP) is 0.205. The number of ether oxygens (including phenoxy) is 2. The molecule has 3 unspecified atom stereocenters. The van der Waals surface area contributed by atoms with E-state index in [2.05, 4.69) is 22.2 Å². The van der Waals surface area contributed by atoms with Gasteiger partial charge < -0.3 is 14.8 Å². The average Bonchev–Trinajstić information content (AvgIpc) is 3.26. The first kappa shape index (κ1) is 16.1. The van der Waals surface area contributed by atoms with Crippen LogP contribution in [-0.4, -0.2) is 46.4 Å². The van der Waals surface area contributed by atoms with E-state index in [9.17, 15) is 8.42 Å². The van der Waals surface area contributed by atoms with E-state index in [-0.39, 0.29) is 18.8 Å². The van der Waals surface area contributed by atoms with E-state index in [0.717, 1.165) is 37.6 Å². The van der Waals surface area contributed by atoms with Crippen molar-refractivity contribution in [1.82, 2.24) is 16.2 Å². The van der Waals surface area contributed by atoms with Gasteiger partial charge in [-0.15, -0.1) is 0 Å². The van der Waals surface area contributed by atoms with Gasteiger partial charge in [0.1, 0.15) is 0 Å². The zero-order chi connectivity index (χ0) is 16.6. The Kier molecular flexibility index (Phi) is 4.38. The van der Waals surface area contributed by atoms with Crippen molar-refractivity contribution in [3.8, 4) is 11.5 Å². The van der Waals surface area contributed by atoms with Gasteiger partial charge in [0.05, 0.1) is 17.5 Å². The largest absolute Gasteiger partial charge is 0.454 e. The average molecular weight is 353 g/mol. The minimum absolute atomic E-state index is 0.194. The molecule has 3 N–H and O–H groups in total. The molecule has 0 aliphatic carbocycles. The number of hydrazine groups is 1. The Morgan fingerprint density at radius 2 is 2.08 bits per heavy atom. The highest BCUT2D eigenvalue weighted by atomic mass is 32.2. The second kappa shape index (κ2) is 6.51. The lowest BCUT2D eigenvalue weighted by Gasteiger charge is -2.20. The predicted molar refractivity (Wildman–Crippen MR) is 89.6 cm³/mol. The molecular weight excluding hydrogens is 330 g/mol. The summed E-state index contributed by atoms with van der Waals surface area (Å²) in [4.78, 5) is 0. The Morgan fingerprint density at radius 1 is 1.21 bits per heavy atom. The van der Waals surface area contributed by atoms with Gasteiger partial charge in [0.25, 0.3) is 0 Å². The van der Waals surface area contributed by atoms with Crippen molar-refractivity contribution in [2.24, 2.45) is 11.8 Å². The Morgan fingerprint density at radius 3 is 2.92 bits per heavy atom. The zero-order valence-electron chi connectivity index (χ0n) is 13.5. The summed E-state index contributed by atoms with van der Waals surface area (Å²) in [5, 5.41) is 3.46. The van der Waals surface area contributed by atoms with Crippen LogP contribution in [0.4, 0.5) is 0 Å². The molecule has 2 fully saturated rings. The van der Waals surface area contributed by atoms with Crippen LogP contribution in [0.2, 0.25) is 0 Å². The molecule has 0 spiro atoms. The lowest BCUT2D eigenvalue weighted by Crippen LogP contribution is -2.32. The summed E-state index contributed by atoms with van der Waals surface area (Å²) < 4.78 is 33.9. The lowest BCUT2D eigenvalue weighted by molar-refractivity contribution is 0.174. The minimum atomic E-state index is -2.79. The monoisotopic (exact) mass is 353 g/mol. The van der Waals surface area contributed by atoms with E-state index in [1.165, 1.54) is 5.56 Å². The molecule has 24 heavy (non-hydrogen) atoms. The van der Waals surface area contributed by atoms with Crippen LogP contribution in [0.1, 0.15) is 18.0 Å². The number of fused-ring (bicyclic) bond motifs is 1. The molecule has 0 radical (unpaired) electrons. The van der Waals surface area contributed by atoms with Crippen molar-refractivity contribution in [3.05, 3.63) is 23.8 Å².